The average molecular weight is 631 g/mol. The number of carbonyl (C=O) groups is 2. The van der Waals surface area contributed by atoms with Gasteiger partial charge < -0.3 is 9.47 Å². The van der Waals surface area contributed by atoms with E-state index in [4.69, 9.17) is 9.47 Å². The van der Waals surface area contributed by atoms with Crippen molar-refractivity contribution in [1.82, 2.24) is 39.9 Å². The van der Waals surface area contributed by atoms with Crippen LogP contribution >= 0.6 is 0 Å². The predicted octanol–water partition coefficient (Wildman–Crippen LogP) is 5.67. The summed E-state index contributed by atoms with van der Waals surface area (Å²) < 4.78 is 24.7. The van der Waals surface area contributed by atoms with E-state index in [1.54, 1.807) is 43.0 Å². The lowest BCUT2D eigenvalue weighted by Gasteiger charge is -2.06. The molecule has 6 rings (SSSR count). The Morgan fingerprint density at radius 1 is 0.638 bits per heavy atom. The maximum absolute atomic E-state index is 13.6. The summed E-state index contributed by atoms with van der Waals surface area (Å²) in [5, 5.41) is 0. The van der Waals surface area contributed by atoms with Crippen molar-refractivity contribution in [2.45, 2.75) is 26.2 Å². The Bertz CT molecular complexity index is 1950. The van der Waals surface area contributed by atoms with Crippen molar-refractivity contribution in [2.75, 3.05) is 0 Å². The number of pyridine rings is 4. The van der Waals surface area contributed by atoms with Gasteiger partial charge in [0.15, 0.2) is 23.1 Å². The molecule has 0 fully saturated rings. The van der Waals surface area contributed by atoms with Crippen LogP contribution in [0.2, 0.25) is 0 Å². The van der Waals surface area contributed by atoms with Crippen LogP contribution in [0.3, 0.4) is 0 Å². The van der Waals surface area contributed by atoms with Crippen LogP contribution in [0.5, 0.6) is 23.0 Å². The van der Waals surface area contributed by atoms with Crippen LogP contribution in [0.25, 0.3) is 0 Å². The van der Waals surface area contributed by atoms with Gasteiger partial charge in [0.1, 0.15) is 41.4 Å². The van der Waals surface area contributed by atoms with Gasteiger partial charge in [0, 0.05) is 42.6 Å². The van der Waals surface area contributed by atoms with E-state index in [1.807, 2.05) is 12.1 Å². The number of nitrogens with zero attached hydrogens (tertiary/aromatic N) is 8. The van der Waals surface area contributed by atoms with Crippen molar-refractivity contribution in [2.24, 2.45) is 0 Å². The lowest BCUT2D eigenvalue weighted by molar-refractivity contribution is 0.0978. The molecule has 47 heavy (non-hydrogen) atoms. The summed E-state index contributed by atoms with van der Waals surface area (Å²) in [6, 6.07) is 13.0. The minimum absolute atomic E-state index is 0.0853. The van der Waals surface area contributed by atoms with Gasteiger partial charge >= 0.3 is 0 Å². The number of ketones is 2. The van der Waals surface area contributed by atoms with E-state index in [0.717, 1.165) is 17.7 Å². The van der Waals surface area contributed by atoms with E-state index < -0.39 is 5.82 Å². The smallest absolute Gasteiger partial charge is 0.187 e. The Kier molecular flexibility index (Phi) is 11.0. The fraction of sp³-hybridized carbons (Fsp3) is 0.118. The first-order valence-electron chi connectivity index (χ1n) is 14.3. The monoisotopic (exact) mass is 630 g/mol. The van der Waals surface area contributed by atoms with Crippen molar-refractivity contribution in [3.8, 4) is 23.0 Å². The molecule has 0 aliphatic heterocycles. The maximum Gasteiger partial charge on any atom is 0.187 e. The molecule has 0 amide bonds. The molecule has 234 valence electrons. The van der Waals surface area contributed by atoms with Crippen molar-refractivity contribution >= 4 is 11.6 Å². The molecule has 0 aliphatic rings. The van der Waals surface area contributed by atoms with Crippen molar-refractivity contribution in [3.63, 3.8) is 0 Å². The van der Waals surface area contributed by atoms with Gasteiger partial charge in [0.05, 0.1) is 43.3 Å². The van der Waals surface area contributed by atoms with Gasteiger partial charge in [-0.2, -0.15) is 0 Å². The Balaban J connectivity index is 0.000000185. The summed E-state index contributed by atoms with van der Waals surface area (Å²) in [6.45, 7) is 2.07. The topological polar surface area (TPSA) is 156 Å². The van der Waals surface area contributed by atoms with E-state index >= 15 is 0 Å². The first kappa shape index (κ1) is 32.0. The lowest BCUT2D eigenvalue weighted by Crippen LogP contribution is -2.08. The molecule has 0 atom stereocenters. The van der Waals surface area contributed by atoms with Crippen molar-refractivity contribution < 1.29 is 23.5 Å². The number of halogens is 1. The Hall–Kier alpha value is -6.37. The van der Waals surface area contributed by atoms with Crippen molar-refractivity contribution in [3.05, 3.63) is 145 Å². The maximum atomic E-state index is 13.6. The molecule has 0 bridgehead atoms. The number of Topliss-reactive ketones (excluding diaryl/α,β-unsaturated/α-hetero) is 2. The van der Waals surface area contributed by atoms with E-state index in [1.165, 1.54) is 55.6 Å². The molecule has 0 aromatic carbocycles. The lowest BCUT2D eigenvalue weighted by atomic mass is 10.1. The van der Waals surface area contributed by atoms with Gasteiger partial charge in [-0.15, -0.1) is 0 Å². The first-order valence-corrected chi connectivity index (χ1v) is 14.3. The summed E-state index contributed by atoms with van der Waals surface area (Å²) in [7, 11) is 0. The molecule has 0 aliphatic carbocycles. The molecular weight excluding hydrogens is 603 g/mol. The van der Waals surface area contributed by atoms with Crippen LogP contribution in [0.1, 0.15) is 44.9 Å². The van der Waals surface area contributed by atoms with E-state index in [-0.39, 0.29) is 35.8 Å². The van der Waals surface area contributed by atoms with E-state index in [0.29, 0.717) is 28.7 Å². The highest BCUT2D eigenvalue weighted by Gasteiger charge is 2.14. The molecule has 0 unspecified atom stereocenters. The zero-order valence-corrected chi connectivity index (χ0v) is 25.1. The number of rotatable bonds is 11. The normalized spacial score (nSPS) is 10.3. The Morgan fingerprint density at radius 2 is 1.19 bits per heavy atom. The Labute approximate surface area is 268 Å². The van der Waals surface area contributed by atoms with E-state index in [2.05, 4.69) is 46.8 Å². The van der Waals surface area contributed by atoms with Gasteiger partial charge in [-0.3, -0.25) is 29.5 Å². The molecule has 0 N–H and O–H groups in total. The zero-order chi connectivity index (χ0) is 32.8. The molecule has 13 heteroatoms. The van der Waals surface area contributed by atoms with Gasteiger partial charge in [-0.1, -0.05) is 6.92 Å². The summed E-state index contributed by atoms with van der Waals surface area (Å²) in [5.74, 6) is 0.892. The SMILES string of the molecule is CCc1ccnc(CC(=O)c2cc(Oc3cncnc3)ccn2)c1.O=C(Cc1ncccc1F)c1cc(Oc2cncnc2)ccn1. The van der Waals surface area contributed by atoms with Gasteiger partial charge in [-0.25, -0.2) is 24.3 Å². The summed E-state index contributed by atoms with van der Waals surface area (Å²) in [4.78, 5) is 56.3. The second-order valence-corrected chi connectivity index (χ2v) is 9.75. The van der Waals surface area contributed by atoms with Crippen LogP contribution in [-0.4, -0.2) is 51.4 Å². The minimum atomic E-state index is -0.519. The van der Waals surface area contributed by atoms with Gasteiger partial charge in [0.25, 0.3) is 0 Å². The Morgan fingerprint density at radius 3 is 1.74 bits per heavy atom. The molecular formula is C34H27FN8O4. The summed E-state index contributed by atoms with van der Waals surface area (Å²) >= 11 is 0. The predicted molar refractivity (Wildman–Crippen MR) is 167 cm³/mol. The summed E-state index contributed by atoms with van der Waals surface area (Å²) in [5.41, 5.74) is 2.49. The second-order valence-electron chi connectivity index (χ2n) is 9.75. The zero-order valence-electron chi connectivity index (χ0n) is 25.1. The minimum Gasteiger partial charge on any atom is -0.454 e. The molecule has 0 saturated heterocycles. The molecule has 0 radical (unpaired) electrons. The van der Waals surface area contributed by atoms with Crippen molar-refractivity contribution in [1.29, 1.82) is 0 Å². The molecule has 6 aromatic heterocycles. The molecule has 0 spiro atoms. The second kappa shape index (κ2) is 16.1. The van der Waals surface area contributed by atoms with Crippen LogP contribution in [0.15, 0.2) is 111 Å². The third kappa shape index (κ3) is 9.56. The number of carbonyl (C=O) groups excluding carboxylic acids is 2. The van der Waals surface area contributed by atoms with Crippen LogP contribution in [-0.2, 0) is 19.3 Å². The van der Waals surface area contributed by atoms with E-state index in [9.17, 15) is 14.0 Å². The standard InChI is InChI=1S/C18H16N4O2.C16H11FN4O2/c1-2-13-3-5-21-14(7-13)8-18(23)17-9-15(4-6-22-17)24-16-10-19-12-20-11-16;17-13-2-1-4-20-14(13)7-16(22)15-6-11(3-5-21-15)23-12-8-18-10-19-9-12/h3-7,9-12H,2,8H2,1H3;1-6,8-10H,7H2. The third-order valence-electron chi connectivity index (χ3n) is 6.37. The van der Waals surface area contributed by atoms with Crippen LogP contribution < -0.4 is 9.47 Å². The van der Waals surface area contributed by atoms with Gasteiger partial charge in [0.2, 0.25) is 0 Å². The summed E-state index contributed by atoms with van der Waals surface area (Å²) in [6.07, 6.45) is 16.0. The van der Waals surface area contributed by atoms with Gasteiger partial charge in [-0.05, 0) is 48.4 Å². The molecule has 6 heterocycles. The highest BCUT2D eigenvalue weighted by molar-refractivity contribution is 5.96. The highest BCUT2D eigenvalue weighted by atomic mass is 19.1. The largest absolute Gasteiger partial charge is 0.454 e. The fourth-order valence-electron chi connectivity index (χ4n) is 4.09. The number of aryl methyl sites for hydroxylation is 1. The fourth-order valence-corrected chi connectivity index (χ4v) is 4.09. The van der Waals surface area contributed by atoms with Crippen LogP contribution in [0, 0.1) is 5.82 Å². The average Bonchev–Trinajstić information content (AvgIpc) is 3.11. The number of ether oxygens (including phenoxy) is 2. The third-order valence-corrected chi connectivity index (χ3v) is 6.37. The molecule has 0 saturated carbocycles. The molecule has 12 nitrogen and oxygen atoms in total. The van der Waals surface area contributed by atoms with Crippen LogP contribution in [0.4, 0.5) is 4.39 Å². The molecule has 6 aromatic rings. The quantitative estimate of drug-likeness (QED) is 0.162. The number of hydrogen-bond donors (Lipinski definition) is 0. The number of aromatic nitrogens is 8. The number of hydrogen-bond acceptors (Lipinski definition) is 12. The first-order chi connectivity index (χ1) is 23.0. The highest BCUT2D eigenvalue weighted by Crippen LogP contribution is 2.21.